The molecule has 1 saturated carbocycles. The van der Waals surface area contributed by atoms with Crippen LogP contribution in [0.5, 0.6) is 0 Å². The summed E-state index contributed by atoms with van der Waals surface area (Å²) in [5, 5.41) is 0.145. The minimum Gasteiger partial charge on any atom is -0.410 e. The lowest BCUT2D eigenvalue weighted by Crippen LogP contribution is -2.44. The number of hydrogen-bond donors (Lipinski definition) is 0. The number of pyridine rings is 1. The molecule has 2 aliphatic carbocycles. The summed E-state index contributed by atoms with van der Waals surface area (Å²) in [6.07, 6.45) is 8.72. The first-order valence-corrected chi connectivity index (χ1v) is 20.0. The van der Waals surface area contributed by atoms with Gasteiger partial charge in [-0.15, -0.1) is 0 Å². The van der Waals surface area contributed by atoms with E-state index in [9.17, 15) is 0 Å². The predicted octanol–water partition coefficient (Wildman–Crippen LogP) is 10.2. The van der Waals surface area contributed by atoms with Crippen molar-refractivity contribution < 1.29 is 13.9 Å². The summed E-state index contributed by atoms with van der Waals surface area (Å²) >= 11 is 0. The van der Waals surface area contributed by atoms with Crippen LogP contribution in [0.15, 0.2) is 24.3 Å². The molecule has 0 radical (unpaired) electrons. The summed E-state index contributed by atoms with van der Waals surface area (Å²) in [6, 6.07) is 9.32. The van der Waals surface area contributed by atoms with Gasteiger partial charge in [0.15, 0.2) is 8.32 Å². The van der Waals surface area contributed by atoms with Crippen molar-refractivity contribution >= 4 is 8.32 Å². The second-order valence-electron chi connectivity index (χ2n) is 17.5. The van der Waals surface area contributed by atoms with Crippen LogP contribution < -0.4 is 0 Å². The highest BCUT2D eigenvalue weighted by Gasteiger charge is 2.54. The van der Waals surface area contributed by atoms with Crippen LogP contribution in [-0.2, 0) is 31.3 Å². The number of nitrogens with zero attached hydrogens (tertiary/aromatic N) is 1. The second-order valence-corrected chi connectivity index (χ2v) is 22.3. The van der Waals surface area contributed by atoms with E-state index >= 15 is 0 Å². The van der Waals surface area contributed by atoms with Crippen LogP contribution >= 0.6 is 0 Å². The number of benzene rings is 1. The van der Waals surface area contributed by atoms with Gasteiger partial charge >= 0.3 is 0 Å². The molecule has 4 nitrogen and oxygen atoms in total. The first-order chi connectivity index (χ1) is 20.0. The summed E-state index contributed by atoms with van der Waals surface area (Å²) in [5.74, 6) is 0.411. The number of fused-ring (bicyclic) bond motifs is 4. The summed E-state index contributed by atoms with van der Waals surface area (Å²) in [5.41, 5.74) is 9.52. The Balaban J connectivity index is 1.59. The third kappa shape index (κ3) is 5.70. The van der Waals surface area contributed by atoms with Gasteiger partial charge in [-0.1, -0.05) is 92.5 Å². The maximum atomic E-state index is 7.47. The molecule has 0 amide bonds. The quantitative estimate of drug-likeness (QED) is 0.326. The zero-order chi connectivity index (χ0) is 31.0. The highest BCUT2D eigenvalue weighted by molar-refractivity contribution is 6.74. The summed E-state index contributed by atoms with van der Waals surface area (Å²) in [6.45, 7) is 25.3. The van der Waals surface area contributed by atoms with Crippen molar-refractivity contribution in [2.24, 2.45) is 5.41 Å². The number of ether oxygens (including phenoxy) is 2. The molecule has 0 N–H and O–H groups in total. The van der Waals surface area contributed by atoms with Crippen LogP contribution in [0.4, 0.5) is 0 Å². The molecule has 0 bridgehead atoms. The second kappa shape index (κ2) is 10.8. The highest BCUT2D eigenvalue weighted by atomic mass is 28.4. The average molecular weight is 604 g/mol. The van der Waals surface area contributed by atoms with Crippen LogP contribution in [0.25, 0.3) is 0 Å². The fourth-order valence-corrected chi connectivity index (χ4v) is 9.28. The lowest BCUT2D eigenvalue weighted by Gasteiger charge is -2.45. The van der Waals surface area contributed by atoms with Crippen LogP contribution in [0, 0.1) is 5.41 Å². The Morgan fingerprint density at radius 2 is 1.53 bits per heavy atom. The Kier molecular flexibility index (Phi) is 7.88. The number of aromatic nitrogens is 1. The molecule has 1 saturated heterocycles. The van der Waals surface area contributed by atoms with Crippen LogP contribution in [-0.4, -0.2) is 26.5 Å². The Hall–Kier alpha value is -1.53. The molecule has 4 aliphatic rings. The molecular formula is C38H57NO3Si. The lowest BCUT2D eigenvalue weighted by molar-refractivity contribution is -0.0580. The van der Waals surface area contributed by atoms with E-state index in [1.807, 2.05) is 0 Å². The molecular weight excluding hydrogens is 547 g/mol. The largest absolute Gasteiger partial charge is 0.410 e. The molecule has 2 aliphatic heterocycles. The fourth-order valence-electron chi connectivity index (χ4n) is 8.02. The molecule has 2 atom stereocenters. The van der Waals surface area contributed by atoms with E-state index in [1.54, 1.807) is 0 Å². The minimum atomic E-state index is -2.04. The van der Waals surface area contributed by atoms with E-state index in [0.29, 0.717) is 5.92 Å². The van der Waals surface area contributed by atoms with Crippen molar-refractivity contribution in [2.75, 3.05) is 13.2 Å². The summed E-state index contributed by atoms with van der Waals surface area (Å²) < 4.78 is 20.8. The van der Waals surface area contributed by atoms with E-state index in [4.69, 9.17) is 18.9 Å². The zero-order valence-corrected chi connectivity index (χ0v) is 29.8. The van der Waals surface area contributed by atoms with E-state index in [0.717, 1.165) is 51.7 Å². The average Bonchev–Trinajstić information content (AvgIpc) is 3.52. The number of rotatable bonds is 4. The van der Waals surface area contributed by atoms with Crippen LogP contribution in [0.1, 0.15) is 158 Å². The predicted molar refractivity (Wildman–Crippen MR) is 178 cm³/mol. The normalized spacial score (nSPS) is 25.6. The molecule has 2 aromatic rings. The highest BCUT2D eigenvalue weighted by Crippen LogP contribution is 2.61. The van der Waals surface area contributed by atoms with Gasteiger partial charge in [-0.2, -0.15) is 0 Å². The van der Waals surface area contributed by atoms with Gasteiger partial charge in [0.05, 0.1) is 17.4 Å². The van der Waals surface area contributed by atoms with Gasteiger partial charge < -0.3 is 13.9 Å². The van der Waals surface area contributed by atoms with Gasteiger partial charge in [0.1, 0.15) is 6.10 Å². The number of hydrogen-bond acceptors (Lipinski definition) is 4. The van der Waals surface area contributed by atoms with E-state index in [-0.39, 0.29) is 33.7 Å². The fraction of sp³-hybridized carbons (Fsp3) is 0.711. The first-order valence-electron chi connectivity index (χ1n) is 17.1. The van der Waals surface area contributed by atoms with Crippen molar-refractivity contribution in [3.8, 4) is 0 Å². The lowest BCUT2D eigenvalue weighted by atomic mass is 9.70. The van der Waals surface area contributed by atoms with Crippen molar-refractivity contribution in [1.29, 1.82) is 0 Å². The van der Waals surface area contributed by atoms with E-state index in [1.165, 1.54) is 52.0 Å². The summed E-state index contributed by atoms with van der Waals surface area (Å²) in [4.78, 5) is 5.73. The zero-order valence-electron chi connectivity index (χ0n) is 28.8. The van der Waals surface area contributed by atoms with Gasteiger partial charge in [-0.3, -0.25) is 4.98 Å². The summed E-state index contributed by atoms with van der Waals surface area (Å²) in [7, 11) is -2.04. The van der Waals surface area contributed by atoms with Crippen molar-refractivity contribution in [1.82, 2.24) is 4.98 Å². The molecule has 43 heavy (non-hydrogen) atoms. The third-order valence-electron chi connectivity index (χ3n) is 11.5. The molecule has 2 unspecified atom stereocenters. The molecule has 2 fully saturated rings. The Morgan fingerprint density at radius 3 is 2.12 bits per heavy atom. The van der Waals surface area contributed by atoms with E-state index < -0.39 is 8.32 Å². The van der Waals surface area contributed by atoms with Crippen LogP contribution in [0.2, 0.25) is 18.1 Å². The smallest absolute Gasteiger partial charge is 0.192 e. The standard InChI is InChI=1S/C38H57NO3Si/c1-35(2,3)27-15-13-26(14-16-27)34-31-32(38(41-34)19-11-12-20-38)30-28(39-33(31)25-17-21-40-22-18-25)23-37(7,8)24-29(30)42-43(9,10)36(4,5)6/h13-16,25,29,34H,11-12,17-24H2,1-10H3. The van der Waals surface area contributed by atoms with Gasteiger partial charge in [-0.05, 0) is 84.2 Å². The Bertz CT molecular complexity index is 1340. The third-order valence-corrected chi connectivity index (χ3v) is 16.0. The molecule has 1 aromatic carbocycles. The van der Waals surface area contributed by atoms with Crippen molar-refractivity contribution in [3.05, 3.63) is 63.5 Å². The maximum Gasteiger partial charge on any atom is 0.192 e. The first kappa shape index (κ1) is 31.4. The van der Waals surface area contributed by atoms with Gasteiger partial charge in [0.2, 0.25) is 0 Å². The van der Waals surface area contributed by atoms with Crippen LogP contribution in [0.3, 0.4) is 0 Å². The monoisotopic (exact) mass is 603 g/mol. The topological polar surface area (TPSA) is 40.6 Å². The molecule has 1 aromatic heterocycles. The molecule has 5 heteroatoms. The molecule has 236 valence electrons. The van der Waals surface area contributed by atoms with Gasteiger partial charge in [0, 0.05) is 36.0 Å². The molecule has 6 rings (SSSR count). The maximum absolute atomic E-state index is 7.47. The SMILES string of the molecule is CC1(C)Cc2nc(C3CCOCC3)c3c(c2C(O[Si](C)(C)C(C)(C)C)C1)C1(CCCC1)OC3c1ccc(C(C)(C)C)cc1. The van der Waals surface area contributed by atoms with Crippen molar-refractivity contribution in [2.45, 2.75) is 154 Å². The Labute approximate surface area is 262 Å². The molecule has 1 spiro atoms. The van der Waals surface area contributed by atoms with E-state index in [2.05, 4.69) is 92.7 Å². The minimum absolute atomic E-state index is 0.0627. The Morgan fingerprint density at radius 1 is 0.907 bits per heavy atom. The van der Waals surface area contributed by atoms with Gasteiger partial charge in [-0.25, -0.2) is 0 Å². The van der Waals surface area contributed by atoms with Crippen molar-refractivity contribution in [3.63, 3.8) is 0 Å². The van der Waals surface area contributed by atoms with Gasteiger partial charge in [0.25, 0.3) is 0 Å². The molecule has 3 heterocycles.